The predicted molar refractivity (Wildman–Crippen MR) is 105 cm³/mol. The van der Waals surface area contributed by atoms with Crippen molar-refractivity contribution >= 4 is 11.8 Å². The molecule has 148 valence electrons. The van der Waals surface area contributed by atoms with E-state index in [-0.39, 0.29) is 42.2 Å². The first-order valence-corrected chi connectivity index (χ1v) is 9.31. The summed E-state index contributed by atoms with van der Waals surface area (Å²) in [5, 5.41) is 9.84. The summed E-state index contributed by atoms with van der Waals surface area (Å²) < 4.78 is 14.0. The van der Waals surface area contributed by atoms with Crippen molar-refractivity contribution < 1.29 is 19.1 Å². The lowest BCUT2D eigenvalue weighted by Crippen LogP contribution is -2.68. The van der Waals surface area contributed by atoms with Gasteiger partial charge < -0.3 is 14.9 Å². The fourth-order valence-corrected chi connectivity index (χ4v) is 4.05. The molecule has 0 saturated carbocycles. The summed E-state index contributed by atoms with van der Waals surface area (Å²) in [6.07, 6.45) is 0. The number of rotatable bonds is 5. The Kier molecular flexibility index (Phi) is 5.79. The van der Waals surface area contributed by atoms with E-state index in [2.05, 4.69) is 0 Å². The molecule has 0 aromatic heterocycles. The number of benzene rings is 2. The first-order valence-electron chi connectivity index (χ1n) is 9.31. The summed E-state index contributed by atoms with van der Waals surface area (Å²) in [7, 11) is 1.70. The lowest BCUT2D eigenvalue weighted by atomic mass is 9.74. The Labute approximate surface area is 164 Å². The SMILES string of the molecule is CC(=O)N(C)C[C@H]1[C@H](c2ccc(-c3ccccc3F)cc2)[C@H](CO)N1C(C)=O. The Morgan fingerprint density at radius 1 is 1.07 bits per heavy atom. The molecule has 28 heavy (non-hydrogen) atoms. The molecule has 0 unspecified atom stereocenters. The number of nitrogens with zero attached hydrogens (tertiary/aromatic N) is 2. The Bertz CT molecular complexity index is 868. The van der Waals surface area contributed by atoms with Gasteiger partial charge in [0.25, 0.3) is 0 Å². The molecule has 5 nitrogen and oxygen atoms in total. The minimum Gasteiger partial charge on any atom is -0.394 e. The van der Waals surface area contributed by atoms with E-state index in [1.54, 1.807) is 35.0 Å². The minimum absolute atomic E-state index is 0.0791. The Balaban J connectivity index is 1.89. The van der Waals surface area contributed by atoms with Gasteiger partial charge in [0.1, 0.15) is 5.82 Å². The van der Waals surface area contributed by atoms with E-state index >= 15 is 0 Å². The maximum absolute atomic E-state index is 14.0. The molecule has 2 amide bonds. The van der Waals surface area contributed by atoms with Crippen molar-refractivity contribution in [2.45, 2.75) is 31.8 Å². The third-order valence-electron chi connectivity index (χ3n) is 5.57. The highest BCUT2D eigenvalue weighted by atomic mass is 19.1. The highest BCUT2D eigenvalue weighted by Gasteiger charge is 2.50. The summed E-state index contributed by atoms with van der Waals surface area (Å²) in [6, 6.07) is 13.6. The van der Waals surface area contributed by atoms with E-state index in [4.69, 9.17) is 0 Å². The molecule has 2 aromatic carbocycles. The van der Waals surface area contributed by atoms with Gasteiger partial charge in [-0.15, -0.1) is 0 Å². The van der Waals surface area contributed by atoms with E-state index in [1.807, 2.05) is 24.3 Å². The molecule has 0 aliphatic carbocycles. The molecule has 3 rings (SSSR count). The summed E-state index contributed by atoms with van der Waals surface area (Å²) >= 11 is 0. The van der Waals surface area contributed by atoms with Gasteiger partial charge >= 0.3 is 0 Å². The molecule has 1 fully saturated rings. The highest BCUT2D eigenvalue weighted by molar-refractivity contribution is 5.77. The average molecular weight is 384 g/mol. The molecule has 0 spiro atoms. The summed E-state index contributed by atoms with van der Waals surface area (Å²) in [6.45, 7) is 3.20. The predicted octanol–water partition coefficient (Wildman–Crippen LogP) is 2.65. The second-order valence-electron chi connectivity index (χ2n) is 7.27. The molecule has 0 radical (unpaired) electrons. The molecule has 1 heterocycles. The Morgan fingerprint density at radius 3 is 2.25 bits per heavy atom. The van der Waals surface area contributed by atoms with Crippen LogP contribution < -0.4 is 0 Å². The highest BCUT2D eigenvalue weighted by Crippen LogP contribution is 2.41. The van der Waals surface area contributed by atoms with Crippen molar-refractivity contribution in [1.29, 1.82) is 0 Å². The normalized spacial score (nSPS) is 21.2. The smallest absolute Gasteiger partial charge is 0.220 e. The van der Waals surface area contributed by atoms with Gasteiger partial charge in [0, 0.05) is 38.9 Å². The molecule has 2 aromatic rings. The van der Waals surface area contributed by atoms with Crippen molar-refractivity contribution in [3.8, 4) is 11.1 Å². The zero-order valence-electron chi connectivity index (χ0n) is 16.3. The third kappa shape index (κ3) is 3.64. The molecule has 3 atom stereocenters. The standard InChI is InChI=1S/C22H25FN2O3/c1-14(27)24(3)12-20-22(21(13-26)25(20)15(2)28)17-10-8-16(9-11-17)18-6-4-5-7-19(18)23/h4-11,20-22,26H,12-13H2,1-3H3/t20-,21-,22-/m0/s1. The third-order valence-corrected chi connectivity index (χ3v) is 5.57. The fourth-order valence-electron chi connectivity index (χ4n) is 4.05. The Hall–Kier alpha value is -2.73. The quantitative estimate of drug-likeness (QED) is 0.862. The van der Waals surface area contributed by atoms with Gasteiger partial charge in [-0.2, -0.15) is 0 Å². The number of hydrogen-bond donors (Lipinski definition) is 1. The average Bonchev–Trinajstić information content (AvgIpc) is 2.65. The van der Waals surface area contributed by atoms with Gasteiger partial charge in [-0.1, -0.05) is 42.5 Å². The number of likely N-dealkylation sites (N-methyl/N-ethyl adjacent to an activating group) is 1. The number of aliphatic hydroxyl groups excluding tert-OH is 1. The zero-order chi connectivity index (χ0) is 20.4. The van der Waals surface area contributed by atoms with Crippen LogP contribution in [0.25, 0.3) is 11.1 Å². The summed E-state index contributed by atoms with van der Waals surface area (Å²) in [5.74, 6) is -0.578. The maximum Gasteiger partial charge on any atom is 0.220 e. The monoisotopic (exact) mass is 384 g/mol. The number of halogens is 1. The van der Waals surface area contributed by atoms with Crippen molar-refractivity contribution in [3.05, 3.63) is 59.9 Å². The summed E-state index contributed by atoms with van der Waals surface area (Å²) in [4.78, 5) is 27.0. The largest absolute Gasteiger partial charge is 0.394 e. The van der Waals surface area contributed by atoms with Crippen molar-refractivity contribution in [2.24, 2.45) is 0 Å². The first-order chi connectivity index (χ1) is 13.3. The van der Waals surface area contributed by atoms with Crippen LogP contribution in [0, 0.1) is 5.82 Å². The lowest BCUT2D eigenvalue weighted by molar-refractivity contribution is -0.151. The molecule has 1 aliphatic heterocycles. The van der Waals surface area contributed by atoms with E-state index in [1.165, 1.54) is 19.9 Å². The number of aliphatic hydroxyl groups is 1. The van der Waals surface area contributed by atoms with Crippen LogP contribution in [0.3, 0.4) is 0 Å². The lowest BCUT2D eigenvalue weighted by Gasteiger charge is -2.55. The van der Waals surface area contributed by atoms with Crippen molar-refractivity contribution in [3.63, 3.8) is 0 Å². The maximum atomic E-state index is 14.0. The van der Waals surface area contributed by atoms with Crippen LogP contribution in [0.4, 0.5) is 4.39 Å². The minimum atomic E-state index is -0.331. The number of likely N-dealkylation sites (tertiary alicyclic amines) is 1. The molecule has 6 heteroatoms. The molecule has 0 bridgehead atoms. The molecular formula is C22H25FN2O3. The molecule has 1 N–H and O–H groups in total. The van der Waals surface area contributed by atoms with Crippen molar-refractivity contribution in [1.82, 2.24) is 9.80 Å². The van der Waals surface area contributed by atoms with E-state index in [0.717, 1.165) is 11.1 Å². The van der Waals surface area contributed by atoms with E-state index in [0.29, 0.717) is 12.1 Å². The first kappa shape index (κ1) is 20.0. The van der Waals surface area contributed by atoms with Gasteiger partial charge in [0.05, 0.1) is 18.7 Å². The van der Waals surface area contributed by atoms with Crippen molar-refractivity contribution in [2.75, 3.05) is 20.2 Å². The number of amides is 2. The zero-order valence-corrected chi connectivity index (χ0v) is 16.3. The van der Waals surface area contributed by atoms with Crippen LogP contribution >= 0.6 is 0 Å². The van der Waals surface area contributed by atoms with Crippen LogP contribution in [0.2, 0.25) is 0 Å². The molecule has 1 saturated heterocycles. The van der Waals surface area contributed by atoms with Crippen LogP contribution in [0.1, 0.15) is 25.3 Å². The van der Waals surface area contributed by atoms with E-state index < -0.39 is 0 Å². The van der Waals surface area contributed by atoms with Gasteiger partial charge in [-0.25, -0.2) is 4.39 Å². The van der Waals surface area contributed by atoms with Crippen LogP contribution in [-0.2, 0) is 9.59 Å². The topological polar surface area (TPSA) is 60.9 Å². The van der Waals surface area contributed by atoms with Gasteiger partial charge in [-0.3, -0.25) is 9.59 Å². The second-order valence-corrected chi connectivity index (χ2v) is 7.27. The van der Waals surface area contributed by atoms with E-state index in [9.17, 15) is 19.1 Å². The number of hydrogen-bond acceptors (Lipinski definition) is 3. The fraction of sp³-hybridized carbons (Fsp3) is 0.364. The van der Waals surface area contributed by atoms with Gasteiger partial charge in [-0.05, 0) is 17.2 Å². The van der Waals surface area contributed by atoms with Crippen LogP contribution in [0.15, 0.2) is 48.5 Å². The number of carbonyl (C=O) groups excluding carboxylic acids is 2. The van der Waals surface area contributed by atoms with Crippen LogP contribution in [0.5, 0.6) is 0 Å². The molecular weight excluding hydrogens is 359 g/mol. The summed E-state index contributed by atoms with van der Waals surface area (Å²) in [5.41, 5.74) is 2.25. The second kappa shape index (κ2) is 8.10. The number of carbonyl (C=O) groups is 2. The van der Waals surface area contributed by atoms with Gasteiger partial charge in [0.2, 0.25) is 11.8 Å². The molecule has 1 aliphatic rings. The van der Waals surface area contributed by atoms with Crippen LogP contribution in [-0.4, -0.2) is 59.0 Å². The Morgan fingerprint density at radius 2 is 1.71 bits per heavy atom. The van der Waals surface area contributed by atoms with Gasteiger partial charge in [0.15, 0.2) is 0 Å².